The first-order valence-electron chi connectivity index (χ1n) is 7.58. The number of hydrogen-bond acceptors (Lipinski definition) is 5. The fourth-order valence-corrected chi connectivity index (χ4v) is 2.85. The normalized spacial score (nSPS) is 13.2. The van der Waals surface area contributed by atoms with Crippen LogP contribution in [-0.2, 0) is 20.8 Å². The van der Waals surface area contributed by atoms with E-state index in [4.69, 9.17) is 5.11 Å². The van der Waals surface area contributed by atoms with E-state index in [9.17, 15) is 26.4 Å². The van der Waals surface area contributed by atoms with E-state index >= 15 is 0 Å². The Morgan fingerprint density at radius 1 is 1.26 bits per heavy atom. The van der Waals surface area contributed by atoms with Crippen molar-refractivity contribution in [3.8, 4) is 11.4 Å². The summed E-state index contributed by atoms with van der Waals surface area (Å²) in [5, 5.41) is 13.1. The zero-order chi connectivity index (χ0) is 20.6. The minimum atomic E-state index is -4.76. The maximum Gasteiger partial charge on any atom is 0.416 e. The van der Waals surface area contributed by atoms with E-state index in [0.717, 1.165) is 29.4 Å². The van der Waals surface area contributed by atoms with E-state index in [2.05, 4.69) is 10.1 Å². The molecule has 0 aliphatic rings. The molecular formula is C16H16F3N3O4S. The Morgan fingerprint density at radius 2 is 1.89 bits per heavy atom. The lowest BCUT2D eigenvalue weighted by Gasteiger charge is -2.10. The van der Waals surface area contributed by atoms with Crippen molar-refractivity contribution in [2.75, 3.05) is 6.26 Å². The van der Waals surface area contributed by atoms with Crippen LogP contribution in [0.1, 0.15) is 19.4 Å². The van der Waals surface area contributed by atoms with Gasteiger partial charge in [0, 0.05) is 18.0 Å². The molecule has 0 unspecified atom stereocenters. The molecule has 0 spiro atoms. The molecule has 146 valence electrons. The van der Waals surface area contributed by atoms with Gasteiger partial charge in [-0.2, -0.15) is 13.2 Å². The third kappa shape index (κ3) is 4.94. The van der Waals surface area contributed by atoms with Gasteiger partial charge in [-0.1, -0.05) is 13.8 Å². The van der Waals surface area contributed by atoms with E-state index in [1.165, 1.54) is 6.20 Å². The van der Waals surface area contributed by atoms with Crippen LogP contribution in [0.4, 0.5) is 13.2 Å². The van der Waals surface area contributed by atoms with E-state index in [1.807, 2.05) is 0 Å². The van der Waals surface area contributed by atoms with Crippen molar-refractivity contribution in [3.05, 3.63) is 35.7 Å². The van der Waals surface area contributed by atoms with E-state index in [-0.39, 0.29) is 22.9 Å². The highest BCUT2D eigenvalue weighted by molar-refractivity contribution is 7.90. The molecule has 0 bridgehead atoms. The van der Waals surface area contributed by atoms with Gasteiger partial charge >= 0.3 is 12.1 Å². The van der Waals surface area contributed by atoms with Crippen LogP contribution in [0.5, 0.6) is 0 Å². The Kier molecular flexibility index (Phi) is 5.45. The molecule has 0 amide bonds. The summed E-state index contributed by atoms with van der Waals surface area (Å²) in [4.78, 5) is 14.5. The highest BCUT2D eigenvalue weighted by Gasteiger charge is 2.32. The van der Waals surface area contributed by atoms with Gasteiger partial charge in [0.15, 0.2) is 15.7 Å². The van der Waals surface area contributed by atoms with Gasteiger partial charge in [-0.25, -0.2) is 22.9 Å². The first-order valence-corrected chi connectivity index (χ1v) is 9.47. The van der Waals surface area contributed by atoms with Crippen molar-refractivity contribution in [1.82, 2.24) is 14.8 Å². The van der Waals surface area contributed by atoms with E-state index in [1.54, 1.807) is 13.8 Å². The number of carboxylic acids is 1. The molecule has 2 aromatic rings. The van der Waals surface area contributed by atoms with Crippen LogP contribution >= 0.6 is 0 Å². The number of sulfone groups is 1. The van der Waals surface area contributed by atoms with E-state index in [0.29, 0.717) is 6.07 Å². The average molecular weight is 403 g/mol. The van der Waals surface area contributed by atoms with Gasteiger partial charge in [-0.05, 0) is 24.1 Å². The van der Waals surface area contributed by atoms with Gasteiger partial charge in [0.1, 0.15) is 6.33 Å². The van der Waals surface area contributed by atoms with Crippen molar-refractivity contribution in [1.29, 1.82) is 0 Å². The standard InChI is InChI=1S/C16H16F3N3O4S/c1-9(2)13(15(23)24)7-22-8-20-14(21-22)10-4-11(16(17,18)19)6-12(5-10)27(3,25)26/h4-9H,1-3H3,(H,23,24)/b13-7-. The number of rotatable bonds is 5. The molecule has 0 saturated carbocycles. The Hall–Kier alpha value is -2.69. The SMILES string of the molecule is CC(C)/C(=C/n1cnc(-c2cc(C(F)(F)F)cc(S(C)(=O)=O)c2)n1)C(=O)O. The summed E-state index contributed by atoms with van der Waals surface area (Å²) in [6, 6.07) is 2.31. The molecule has 7 nitrogen and oxygen atoms in total. The number of carbonyl (C=O) groups is 1. The van der Waals surface area contributed by atoms with Crippen LogP contribution in [0.3, 0.4) is 0 Å². The van der Waals surface area contributed by atoms with Crippen molar-refractivity contribution >= 4 is 22.0 Å². The minimum Gasteiger partial charge on any atom is -0.478 e. The summed E-state index contributed by atoms with van der Waals surface area (Å²) in [5.74, 6) is -1.67. The lowest BCUT2D eigenvalue weighted by atomic mass is 10.1. The number of alkyl halides is 3. The molecule has 1 heterocycles. The third-order valence-electron chi connectivity index (χ3n) is 3.57. The Labute approximate surface area is 153 Å². The van der Waals surface area contributed by atoms with Crippen LogP contribution in [0.2, 0.25) is 0 Å². The number of hydrogen-bond donors (Lipinski definition) is 1. The molecule has 0 saturated heterocycles. The van der Waals surface area contributed by atoms with Gasteiger partial charge < -0.3 is 5.11 Å². The molecule has 1 aromatic heterocycles. The quantitative estimate of drug-likeness (QED) is 0.770. The predicted molar refractivity (Wildman–Crippen MR) is 90.3 cm³/mol. The fraction of sp³-hybridized carbons (Fsp3) is 0.312. The molecule has 0 fully saturated rings. The van der Waals surface area contributed by atoms with Crippen molar-refractivity contribution in [2.45, 2.75) is 24.9 Å². The number of aliphatic carboxylic acids is 1. The van der Waals surface area contributed by atoms with Gasteiger partial charge in [0.05, 0.1) is 16.0 Å². The molecule has 0 radical (unpaired) electrons. The lowest BCUT2D eigenvalue weighted by molar-refractivity contribution is -0.137. The zero-order valence-electron chi connectivity index (χ0n) is 14.5. The molecule has 1 N–H and O–H groups in total. The van der Waals surface area contributed by atoms with Crippen LogP contribution in [0.15, 0.2) is 35.0 Å². The first-order chi connectivity index (χ1) is 12.3. The topological polar surface area (TPSA) is 102 Å². The number of nitrogens with zero attached hydrogens (tertiary/aromatic N) is 3. The number of carboxylic acid groups (broad SMARTS) is 1. The molecular weight excluding hydrogens is 387 g/mol. The predicted octanol–water partition coefficient (Wildman–Crippen LogP) is 2.95. The summed E-state index contributed by atoms with van der Waals surface area (Å²) in [5.41, 5.74) is -1.29. The number of aromatic nitrogens is 3. The Morgan fingerprint density at radius 3 is 2.37 bits per heavy atom. The minimum absolute atomic E-state index is 0.0207. The number of benzene rings is 1. The molecule has 0 aliphatic carbocycles. The van der Waals surface area contributed by atoms with Crippen molar-refractivity contribution in [2.24, 2.45) is 5.92 Å². The van der Waals surface area contributed by atoms with Crippen molar-refractivity contribution < 1.29 is 31.5 Å². The summed E-state index contributed by atoms with van der Waals surface area (Å²) >= 11 is 0. The summed E-state index contributed by atoms with van der Waals surface area (Å²) in [7, 11) is -3.90. The van der Waals surface area contributed by atoms with Gasteiger partial charge in [0.2, 0.25) is 0 Å². The number of halogens is 3. The van der Waals surface area contributed by atoms with Crippen LogP contribution < -0.4 is 0 Å². The Balaban J connectivity index is 2.58. The maximum absolute atomic E-state index is 13.1. The summed E-state index contributed by atoms with van der Waals surface area (Å²) in [6.07, 6.45) is -1.65. The van der Waals surface area contributed by atoms with Crippen LogP contribution in [0, 0.1) is 5.92 Å². The summed E-state index contributed by atoms with van der Waals surface area (Å²) in [6.45, 7) is 3.31. The van der Waals surface area contributed by atoms with Crippen LogP contribution in [0.25, 0.3) is 17.6 Å². The molecule has 11 heteroatoms. The smallest absolute Gasteiger partial charge is 0.416 e. The largest absolute Gasteiger partial charge is 0.478 e. The molecule has 2 rings (SSSR count). The van der Waals surface area contributed by atoms with Crippen LogP contribution in [-0.4, -0.2) is 40.5 Å². The van der Waals surface area contributed by atoms with Crippen molar-refractivity contribution in [3.63, 3.8) is 0 Å². The molecule has 0 atom stereocenters. The zero-order valence-corrected chi connectivity index (χ0v) is 15.3. The van der Waals surface area contributed by atoms with Gasteiger partial charge in [-0.15, -0.1) is 5.10 Å². The second-order valence-corrected chi connectivity index (χ2v) is 8.12. The lowest BCUT2D eigenvalue weighted by Crippen LogP contribution is -2.09. The maximum atomic E-state index is 13.1. The van der Waals surface area contributed by atoms with Gasteiger partial charge in [-0.3, -0.25) is 0 Å². The fourth-order valence-electron chi connectivity index (χ4n) is 2.17. The average Bonchev–Trinajstić information content (AvgIpc) is 2.98. The third-order valence-corrected chi connectivity index (χ3v) is 4.66. The second kappa shape index (κ2) is 7.14. The highest BCUT2D eigenvalue weighted by atomic mass is 32.2. The molecule has 0 aliphatic heterocycles. The van der Waals surface area contributed by atoms with Gasteiger partial charge in [0.25, 0.3) is 0 Å². The molecule has 1 aromatic carbocycles. The highest BCUT2D eigenvalue weighted by Crippen LogP contribution is 2.33. The first kappa shape index (κ1) is 20.6. The molecule has 27 heavy (non-hydrogen) atoms. The Bertz CT molecular complexity index is 1010. The monoisotopic (exact) mass is 403 g/mol. The second-order valence-electron chi connectivity index (χ2n) is 6.11. The van der Waals surface area contributed by atoms with E-state index < -0.39 is 32.4 Å². The summed E-state index contributed by atoms with van der Waals surface area (Å²) < 4.78 is 63.7.